The first-order valence-electron chi connectivity index (χ1n) is 12.1. The molecule has 1 saturated heterocycles. The number of hydrogen-bond acceptors (Lipinski definition) is 8. The topological polar surface area (TPSA) is 143 Å². The Morgan fingerprint density at radius 2 is 1.38 bits per heavy atom. The first-order valence-corrected chi connectivity index (χ1v) is 15.8. The van der Waals surface area contributed by atoms with Gasteiger partial charge in [0.25, 0.3) is 0 Å². The van der Waals surface area contributed by atoms with Crippen LogP contribution in [0.2, 0.25) is 0 Å². The van der Waals surface area contributed by atoms with Gasteiger partial charge < -0.3 is 29.5 Å². The van der Waals surface area contributed by atoms with Crippen molar-refractivity contribution in [1.29, 1.82) is 0 Å². The molecular formula is C22H45BO9P2. The van der Waals surface area contributed by atoms with Gasteiger partial charge in [-0.15, -0.1) is 0 Å². The van der Waals surface area contributed by atoms with Gasteiger partial charge in [-0.05, 0) is 52.9 Å². The number of hydrogen-bond donors (Lipinski definition) is 4. The molecule has 0 aromatic carbocycles. The van der Waals surface area contributed by atoms with Crippen LogP contribution in [-0.2, 0) is 22.9 Å². The Labute approximate surface area is 206 Å². The van der Waals surface area contributed by atoms with Gasteiger partial charge >= 0.3 is 7.60 Å². The van der Waals surface area contributed by atoms with E-state index in [2.05, 4.69) is 0 Å². The maximum atomic E-state index is 14.4. The molecule has 0 aromatic heterocycles. The van der Waals surface area contributed by atoms with E-state index in [0.717, 1.165) is 0 Å². The molecule has 0 amide bonds. The van der Waals surface area contributed by atoms with E-state index in [9.17, 15) is 29.3 Å². The summed E-state index contributed by atoms with van der Waals surface area (Å²) < 4.78 is 45.4. The van der Waals surface area contributed by atoms with Crippen molar-refractivity contribution < 1.29 is 43.1 Å². The van der Waals surface area contributed by atoms with Crippen LogP contribution in [0, 0.1) is 0 Å². The molecule has 0 aliphatic carbocycles. The SMILES string of the molecule is [B][C@@H]1O[C@H](C(C)(CC)OP(C)(=O)C(C)(CC)C(C)(CC)OP(=O)(O)C(O)(CC)CC)[C@@H](O)[C@H]1O. The molecule has 5 unspecified atom stereocenters. The molecule has 1 aliphatic heterocycles. The van der Waals surface area contributed by atoms with Crippen molar-refractivity contribution in [2.45, 2.75) is 134 Å². The maximum Gasteiger partial charge on any atom is 0.359 e. The van der Waals surface area contributed by atoms with E-state index < -0.39 is 61.0 Å². The molecule has 0 aromatic rings. The average Bonchev–Trinajstić information content (AvgIpc) is 3.04. The number of ether oxygens (including phenoxy) is 1. The van der Waals surface area contributed by atoms with Gasteiger partial charge in [-0.3, -0.25) is 13.7 Å². The second-order valence-electron chi connectivity index (χ2n) is 10.1. The summed E-state index contributed by atoms with van der Waals surface area (Å²) in [4.78, 5) is 10.8. The van der Waals surface area contributed by atoms with Crippen LogP contribution in [0.3, 0.4) is 0 Å². The molecule has 0 spiro atoms. The summed E-state index contributed by atoms with van der Waals surface area (Å²) in [6, 6.07) is -1.12. The Morgan fingerprint density at radius 1 is 0.882 bits per heavy atom. The minimum absolute atomic E-state index is 0.00753. The number of aliphatic hydroxyl groups is 3. The summed E-state index contributed by atoms with van der Waals surface area (Å²) in [5.41, 5.74) is -2.71. The average molecular weight is 526 g/mol. The predicted molar refractivity (Wildman–Crippen MR) is 134 cm³/mol. The molecule has 1 rings (SSSR count). The van der Waals surface area contributed by atoms with Crippen LogP contribution in [0.5, 0.6) is 0 Å². The molecule has 9 atom stereocenters. The molecule has 34 heavy (non-hydrogen) atoms. The van der Waals surface area contributed by atoms with Crippen LogP contribution in [0.15, 0.2) is 0 Å². The second kappa shape index (κ2) is 10.9. The summed E-state index contributed by atoms with van der Waals surface area (Å²) >= 11 is 0. The molecule has 1 heterocycles. The van der Waals surface area contributed by atoms with Gasteiger partial charge in [0.1, 0.15) is 25.7 Å². The highest BCUT2D eigenvalue weighted by Gasteiger charge is 2.61. The third kappa shape index (κ3) is 5.42. The van der Waals surface area contributed by atoms with Crippen LogP contribution >= 0.6 is 15.0 Å². The fourth-order valence-corrected chi connectivity index (χ4v) is 9.45. The first-order chi connectivity index (χ1) is 15.3. The smallest absolute Gasteiger partial charge is 0.359 e. The van der Waals surface area contributed by atoms with Gasteiger partial charge in [0.05, 0.1) is 16.9 Å². The highest BCUT2D eigenvalue weighted by atomic mass is 31.2. The normalized spacial score (nSPS) is 32.7. The Bertz CT molecular complexity index is 794. The Hall–Kier alpha value is 0.245. The summed E-state index contributed by atoms with van der Waals surface area (Å²) in [5, 5.41) is 28.2. The summed E-state index contributed by atoms with van der Waals surface area (Å²) in [6.45, 7) is 14.9. The van der Waals surface area contributed by atoms with Crippen LogP contribution in [0.25, 0.3) is 0 Å². The molecule has 0 bridgehead atoms. The Morgan fingerprint density at radius 3 is 1.71 bits per heavy atom. The summed E-state index contributed by atoms with van der Waals surface area (Å²) in [7, 11) is -2.53. The van der Waals surface area contributed by atoms with Crippen molar-refractivity contribution in [2.75, 3.05) is 6.66 Å². The van der Waals surface area contributed by atoms with E-state index in [1.54, 1.807) is 55.4 Å². The zero-order chi connectivity index (χ0) is 27.0. The Balaban J connectivity index is 3.49. The quantitative estimate of drug-likeness (QED) is 0.209. The van der Waals surface area contributed by atoms with Gasteiger partial charge in [0.2, 0.25) is 7.37 Å². The maximum absolute atomic E-state index is 14.4. The van der Waals surface area contributed by atoms with Crippen molar-refractivity contribution in [1.82, 2.24) is 0 Å². The van der Waals surface area contributed by atoms with Gasteiger partial charge in [0.15, 0.2) is 5.34 Å². The van der Waals surface area contributed by atoms with Crippen molar-refractivity contribution in [2.24, 2.45) is 0 Å². The lowest BCUT2D eigenvalue weighted by molar-refractivity contribution is -0.101. The standard InChI is InChI=1S/C22H45BO9P2/c1-10-19(6,17-15(24)16(25)18(23)30-17)31-33(9,27)21(8,12-3)20(7,11-2)32-34(28,29)22(26,13-4)14-5/h15-18,24-26H,10-14H2,1-9H3,(H,28,29)/t15-,16+,17-,18+,19?,20?,21?,33?/m0/s1. The van der Waals surface area contributed by atoms with E-state index in [1.165, 1.54) is 6.66 Å². The summed E-state index contributed by atoms with van der Waals surface area (Å²) in [5.74, 6) is 0. The lowest BCUT2D eigenvalue weighted by atomic mass is 9.85. The highest BCUT2D eigenvalue weighted by Crippen LogP contribution is 2.70. The fraction of sp³-hybridized carbons (Fsp3) is 1.00. The van der Waals surface area contributed by atoms with E-state index in [-0.39, 0.29) is 32.1 Å². The fourth-order valence-electron chi connectivity index (χ4n) is 4.67. The van der Waals surface area contributed by atoms with Crippen molar-refractivity contribution in [3.05, 3.63) is 0 Å². The van der Waals surface area contributed by atoms with Crippen LogP contribution < -0.4 is 0 Å². The summed E-state index contributed by atoms with van der Waals surface area (Å²) in [6.07, 6.45) is -2.94. The molecule has 1 fully saturated rings. The van der Waals surface area contributed by atoms with Crippen molar-refractivity contribution >= 4 is 22.8 Å². The molecule has 200 valence electrons. The van der Waals surface area contributed by atoms with Gasteiger partial charge in [-0.2, -0.15) is 0 Å². The van der Waals surface area contributed by atoms with E-state index >= 15 is 0 Å². The zero-order valence-electron chi connectivity index (χ0n) is 22.1. The van der Waals surface area contributed by atoms with E-state index in [1.807, 2.05) is 0 Å². The molecule has 2 radical (unpaired) electrons. The minimum Gasteiger partial charge on any atom is -0.388 e. The molecule has 12 heteroatoms. The third-order valence-corrected chi connectivity index (χ3v) is 14.1. The molecular weight excluding hydrogens is 481 g/mol. The van der Waals surface area contributed by atoms with Gasteiger partial charge in [0, 0.05) is 12.7 Å². The second-order valence-corrected chi connectivity index (χ2v) is 15.0. The van der Waals surface area contributed by atoms with E-state index in [0.29, 0.717) is 0 Å². The van der Waals surface area contributed by atoms with Crippen LogP contribution in [-0.4, -0.2) is 80.7 Å². The molecule has 1 aliphatic rings. The number of aliphatic hydroxyl groups excluding tert-OH is 2. The third-order valence-electron chi connectivity index (χ3n) is 8.37. The Kier molecular flexibility index (Phi) is 10.4. The molecule has 9 nitrogen and oxygen atoms in total. The minimum atomic E-state index is -4.57. The molecule has 4 N–H and O–H groups in total. The molecule has 0 saturated carbocycles. The number of rotatable bonds is 13. The van der Waals surface area contributed by atoms with Crippen molar-refractivity contribution in [3.8, 4) is 0 Å². The lowest BCUT2D eigenvalue weighted by Crippen LogP contribution is -2.54. The first kappa shape index (κ1) is 32.3. The van der Waals surface area contributed by atoms with Gasteiger partial charge in [-0.1, -0.05) is 34.6 Å². The zero-order valence-corrected chi connectivity index (χ0v) is 23.9. The monoisotopic (exact) mass is 526 g/mol. The van der Waals surface area contributed by atoms with Gasteiger partial charge in [-0.25, -0.2) is 0 Å². The van der Waals surface area contributed by atoms with Crippen LogP contribution in [0.1, 0.15) is 87.5 Å². The van der Waals surface area contributed by atoms with Crippen LogP contribution in [0.4, 0.5) is 0 Å². The highest BCUT2D eigenvalue weighted by molar-refractivity contribution is 7.60. The largest absolute Gasteiger partial charge is 0.388 e. The predicted octanol–water partition coefficient (Wildman–Crippen LogP) is 3.74. The van der Waals surface area contributed by atoms with Crippen molar-refractivity contribution in [3.63, 3.8) is 0 Å². The lowest BCUT2D eigenvalue weighted by Gasteiger charge is -2.51. The van der Waals surface area contributed by atoms with E-state index in [4.69, 9.17) is 21.6 Å².